The summed E-state index contributed by atoms with van der Waals surface area (Å²) < 4.78 is 5.21. The van der Waals surface area contributed by atoms with Gasteiger partial charge < -0.3 is 9.84 Å². The third kappa shape index (κ3) is 6.34. The molecule has 1 saturated heterocycles. The van der Waals surface area contributed by atoms with E-state index in [1.165, 1.54) is 44.2 Å². The van der Waals surface area contributed by atoms with Crippen molar-refractivity contribution in [1.82, 2.24) is 9.80 Å². The highest BCUT2D eigenvalue weighted by atomic mass is 16.5. The van der Waals surface area contributed by atoms with Gasteiger partial charge in [-0.1, -0.05) is 43.5 Å². The predicted molar refractivity (Wildman–Crippen MR) is 112 cm³/mol. The van der Waals surface area contributed by atoms with Crippen molar-refractivity contribution in [1.29, 1.82) is 0 Å². The van der Waals surface area contributed by atoms with Crippen molar-refractivity contribution >= 4 is 6.08 Å². The molecule has 0 aromatic heterocycles. The first kappa shape index (κ1) is 20.4. The molecule has 0 unspecified atom stereocenters. The van der Waals surface area contributed by atoms with Crippen molar-refractivity contribution < 1.29 is 9.84 Å². The molecule has 3 rings (SSSR count). The summed E-state index contributed by atoms with van der Waals surface area (Å²) in [5, 5.41) is 9.53. The van der Waals surface area contributed by atoms with Crippen molar-refractivity contribution in [2.45, 2.75) is 44.6 Å². The average Bonchev–Trinajstić information content (AvgIpc) is 2.71. The molecule has 1 N–H and O–H groups in total. The summed E-state index contributed by atoms with van der Waals surface area (Å²) in [5.74, 6) is 1.77. The molecule has 0 amide bonds. The van der Waals surface area contributed by atoms with Gasteiger partial charge in [0.1, 0.15) is 5.75 Å². The largest absolute Gasteiger partial charge is 0.497 e. The first-order valence-electron chi connectivity index (χ1n) is 10.7. The van der Waals surface area contributed by atoms with E-state index in [1.54, 1.807) is 7.11 Å². The lowest BCUT2D eigenvalue weighted by Gasteiger charge is -2.43. The van der Waals surface area contributed by atoms with E-state index in [1.807, 2.05) is 12.1 Å². The molecule has 1 aromatic carbocycles. The molecule has 27 heavy (non-hydrogen) atoms. The Balaban J connectivity index is 1.48. The van der Waals surface area contributed by atoms with Crippen LogP contribution in [-0.4, -0.2) is 67.4 Å². The smallest absolute Gasteiger partial charge is 0.118 e. The maximum atomic E-state index is 9.53. The molecule has 2 fully saturated rings. The Morgan fingerprint density at radius 2 is 1.89 bits per heavy atom. The van der Waals surface area contributed by atoms with E-state index < -0.39 is 0 Å². The standard InChI is InChI=1S/C23H36N2O2/c1-27-23-11-9-20(10-12-23)8-5-14-24-15-16-25(22(19-24)13-17-26)18-21-6-3-2-4-7-21/h5,8-12,21-22,26H,2-4,6-7,13-19H2,1H3/b8-5+/t22-/m0/s1. The Hall–Kier alpha value is -1.36. The number of piperazine rings is 1. The molecule has 0 spiro atoms. The Kier molecular flexibility index (Phi) is 8.18. The van der Waals surface area contributed by atoms with Crippen LogP contribution < -0.4 is 4.74 Å². The van der Waals surface area contributed by atoms with Gasteiger partial charge in [-0.15, -0.1) is 0 Å². The Morgan fingerprint density at radius 1 is 1.11 bits per heavy atom. The van der Waals surface area contributed by atoms with Crippen LogP contribution in [0.4, 0.5) is 0 Å². The van der Waals surface area contributed by atoms with E-state index >= 15 is 0 Å². The molecular formula is C23H36N2O2. The summed E-state index contributed by atoms with van der Waals surface area (Å²) in [4.78, 5) is 5.19. The lowest BCUT2D eigenvalue weighted by molar-refractivity contribution is 0.0485. The highest BCUT2D eigenvalue weighted by molar-refractivity contribution is 5.50. The second kappa shape index (κ2) is 10.8. The number of aliphatic hydroxyl groups is 1. The zero-order valence-corrected chi connectivity index (χ0v) is 16.9. The topological polar surface area (TPSA) is 35.9 Å². The lowest BCUT2D eigenvalue weighted by Crippen LogP contribution is -2.54. The lowest BCUT2D eigenvalue weighted by atomic mass is 9.88. The Morgan fingerprint density at radius 3 is 2.59 bits per heavy atom. The van der Waals surface area contributed by atoms with Gasteiger partial charge in [-0.3, -0.25) is 9.80 Å². The summed E-state index contributed by atoms with van der Waals surface area (Å²) in [6, 6.07) is 8.68. The molecule has 4 heteroatoms. The number of nitrogens with zero attached hydrogens (tertiary/aromatic N) is 2. The molecule has 0 bridgehead atoms. The summed E-state index contributed by atoms with van der Waals surface area (Å²) in [6.07, 6.45) is 12.4. The van der Waals surface area contributed by atoms with Crippen LogP contribution >= 0.6 is 0 Å². The van der Waals surface area contributed by atoms with Crippen molar-refractivity contribution in [3.05, 3.63) is 35.9 Å². The first-order chi connectivity index (χ1) is 13.3. The van der Waals surface area contributed by atoms with Crippen LogP contribution in [0.1, 0.15) is 44.1 Å². The summed E-state index contributed by atoms with van der Waals surface area (Å²) in [5.41, 5.74) is 1.21. The van der Waals surface area contributed by atoms with Gasteiger partial charge in [-0.05, 0) is 42.9 Å². The van der Waals surface area contributed by atoms with E-state index in [4.69, 9.17) is 4.74 Å². The third-order valence-electron chi connectivity index (χ3n) is 6.16. The van der Waals surface area contributed by atoms with Crippen LogP contribution in [0.15, 0.2) is 30.3 Å². The molecule has 0 radical (unpaired) electrons. The number of hydrogen-bond acceptors (Lipinski definition) is 4. The van der Waals surface area contributed by atoms with E-state index in [0.29, 0.717) is 12.6 Å². The fourth-order valence-electron chi connectivity index (χ4n) is 4.54. The fourth-order valence-corrected chi connectivity index (χ4v) is 4.54. The number of hydrogen-bond donors (Lipinski definition) is 1. The highest BCUT2D eigenvalue weighted by Crippen LogP contribution is 2.26. The zero-order valence-electron chi connectivity index (χ0n) is 16.9. The van der Waals surface area contributed by atoms with Crippen LogP contribution in [0.5, 0.6) is 5.75 Å². The molecule has 1 saturated carbocycles. The van der Waals surface area contributed by atoms with Gasteiger partial charge in [0.25, 0.3) is 0 Å². The molecule has 1 aromatic rings. The van der Waals surface area contributed by atoms with Crippen molar-refractivity contribution in [3.8, 4) is 5.75 Å². The van der Waals surface area contributed by atoms with Gasteiger partial charge in [-0.2, -0.15) is 0 Å². The van der Waals surface area contributed by atoms with Gasteiger partial charge in [0.2, 0.25) is 0 Å². The molecule has 1 heterocycles. The van der Waals surface area contributed by atoms with E-state index in [9.17, 15) is 5.11 Å². The monoisotopic (exact) mass is 372 g/mol. The summed E-state index contributed by atoms with van der Waals surface area (Å²) >= 11 is 0. The highest BCUT2D eigenvalue weighted by Gasteiger charge is 2.28. The summed E-state index contributed by atoms with van der Waals surface area (Å²) in [7, 11) is 1.70. The Labute approximate surface area is 164 Å². The van der Waals surface area contributed by atoms with Crippen LogP contribution in [0.25, 0.3) is 6.08 Å². The van der Waals surface area contributed by atoms with Crippen LogP contribution in [0, 0.1) is 5.92 Å². The van der Waals surface area contributed by atoms with Gasteiger partial charge in [-0.25, -0.2) is 0 Å². The van der Waals surface area contributed by atoms with E-state index in [0.717, 1.165) is 44.3 Å². The molecule has 1 aliphatic carbocycles. The third-order valence-corrected chi connectivity index (χ3v) is 6.16. The molecule has 4 nitrogen and oxygen atoms in total. The molecule has 2 aliphatic rings. The minimum absolute atomic E-state index is 0.293. The second-order valence-corrected chi connectivity index (χ2v) is 8.10. The quantitative estimate of drug-likeness (QED) is 0.755. The molecular weight excluding hydrogens is 336 g/mol. The fraction of sp³-hybridized carbons (Fsp3) is 0.652. The second-order valence-electron chi connectivity index (χ2n) is 8.10. The molecule has 1 atom stereocenters. The van der Waals surface area contributed by atoms with Crippen LogP contribution in [-0.2, 0) is 0 Å². The zero-order chi connectivity index (χ0) is 18.9. The van der Waals surface area contributed by atoms with E-state index in [2.05, 4.69) is 34.1 Å². The number of rotatable bonds is 8. The van der Waals surface area contributed by atoms with Gasteiger partial charge in [0, 0.05) is 45.4 Å². The number of aliphatic hydroxyl groups excluding tert-OH is 1. The number of benzene rings is 1. The predicted octanol–water partition coefficient (Wildman–Crippen LogP) is 3.66. The van der Waals surface area contributed by atoms with Gasteiger partial charge >= 0.3 is 0 Å². The maximum Gasteiger partial charge on any atom is 0.118 e. The molecule has 150 valence electrons. The minimum Gasteiger partial charge on any atom is -0.497 e. The Bertz CT molecular complexity index is 566. The first-order valence-corrected chi connectivity index (χ1v) is 10.7. The van der Waals surface area contributed by atoms with Gasteiger partial charge in [0.05, 0.1) is 7.11 Å². The van der Waals surface area contributed by atoms with Crippen molar-refractivity contribution in [3.63, 3.8) is 0 Å². The van der Waals surface area contributed by atoms with Gasteiger partial charge in [0.15, 0.2) is 0 Å². The number of ether oxygens (including phenoxy) is 1. The number of methoxy groups -OCH3 is 1. The van der Waals surface area contributed by atoms with Crippen molar-refractivity contribution in [2.75, 3.05) is 46.4 Å². The van der Waals surface area contributed by atoms with E-state index in [-0.39, 0.29) is 0 Å². The molecule has 1 aliphatic heterocycles. The summed E-state index contributed by atoms with van der Waals surface area (Å²) in [6.45, 7) is 5.84. The van der Waals surface area contributed by atoms with Crippen LogP contribution in [0.3, 0.4) is 0 Å². The van der Waals surface area contributed by atoms with Crippen LogP contribution in [0.2, 0.25) is 0 Å². The maximum absolute atomic E-state index is 9.53. The SMILES string of the molecule is COc1ccc(/C=C/CN2CCN(CC3CCCCC3)[C@@H](CCO)C2)cc1. The average molecular weight is 373 g/mol. The normalized spacial score (nSPS) is 23.1. The van der Waals surface area contributed by atoms with Crippen molar-refractivity contribution in [2.24, 2.45) is 5.92 Å². The minimum atomic E-state index is 0.293.